The Morgan fingerprint density at radius 2 is 1.80 bits per heavy atom. The van der Waals surface area contributed by atoms with Crippen molar-refractivity contribution in [2.24, 2.45) is 0 Å². The van der Waals surface area contributed by atoms with Crippen LogP contribution in [-0.2, 0) is 26.1 Å². The number of hydrogen-bond donors (Lipinski definition) is 2. The fourth-order valence-electron chi connectivity index (χ4n) is 4.10. The van der Waals surface area contributed by atoms with Crippen LogP contribution in [0.2, 0.25) is 0 Å². The van der Waals surface area contributed by atoms with Crippen molar-refractivity contribution < 1.29 is 27.8 Å². The van der Waals surface area contributed by atoms with E-state index in [4.69, 9.17) is 9.47 Å². The van der Waals surface area contributed by atoms with E-state index in [1.807, 2.05) is 18.2 Å². The Balaban J connectivity index is 2.17. The molecule has 3 aromatic rings. The van der Waals surface area contributed by atoms with E-state index in [1.54, 1.807) is 59.9 Å². The lowest BCUT2D eigenvalue weighted by Crippen LogP contribution is -2.48. The minimum absolute atomic E-state index is 0.0838. The van der Waals surface area contributed by atoms with Crippen LogP contribution in [0.25, 0.3) is 10.9 Å². The minimum atomic E-state index is -4.25. The highest BCUT2D eigenvalue weighted by atomic mass is 32.2. The average molecular weight is 503 g/mol. The summed E-state index contributed by atoms with van der Waals surface area (Å²) in [6.45, 7) is 10.2. The molecule has 0 radical (unpaired) electrons. The standard InChI is InChI=1S/C26H34N2O6S/c1-16-12-23(33-7)17(2)18(3)24(16)35(31,32)28(22(25(29)30)15-34-26(4,5)6)14-19-8-9-21-20(13-19)10-11-27-21/h8-13,22,27H,14-15H2,1-7H3,(H,29,30). The van der Waals surface area contributed by atoms with E-state index in [-0.39, 0.29) is 18.0 Å². The van der Waals surface area contributed by atoms with Crippen molar-refractivity contribution >= 4 is 26.9 Å². The third-order valence-corrected chi connectivity index (χ3v) is 8.17. The maximum atomic E-state index is 14.2. The van der Waals surface area contributed by atoms with Gasteiger partial charge in [-0.1, -0.05) is 6.07 Å². The first-order valence-corrected chi connectivity index (χ1v) is 12.8. The molecule has 1 atom stereocenters. The molecule has 0 aliphatic rings. The lowest BCUT2D eigenvalue weighted by Gasteiger charge is -2.32. The number of rotatable bonds is 9. The van der Waals surface area contributed by atoms with Crippen LogP contribution in [0.4, 0.5) is 0 Å². The van der Waals surface area contributed by atoms with Crippen LogP contribution < -0.4 is 4.74 Å². The Bertz CT molecular complexity index is 1340. The highest BCUT2D eigenvalue weighted by molar-refractivity contribution is 7.89. The first kappa shape index (κ1) is 26.7. The summed E-state index contributed by atoms with van der Waals surface area (Å²) in [6.07, 6.45) is 1.80. The smallest absolute Gasteiger partial charge is 0.324 e. The maximum Gasteiger partial charge on any atom is 0.324 e. The number of benzene rings is 2. The number of aromatic amines is 1. The molecule has 3 rings (SSSR count). The van der Waals surface area contributed by atoms with Crippen LogP contribution in [-0.4, -0.2) is 54.1 Å². The lowest BCUT2D eigenvalue weighted by atomic mass is 10.1. The van der Waals surface area contributed by atoms with Gasteiger partial charge in [-0.15, -0.1) is 0 Å². The predicted molar refractivity (Wildman–Crippen MR) is 135 cm³/mol. The van der Waals surface area contributed by atoms with Crippen LogP contribution in [0.5, 0.6) is 5.75 Å². The van der Waals surface area contributed by atoms with Gasteiger partial charge < -0.3 is 19.6 Å². The van der Waals surface area contributed by atoms with Crippen LogP contribution in [0.15, 0.2) is 41.4 Å². The van der Waals surface area contributed by atoms with Gasteiger partial charge in [-0.05, 0) is 93.4 Å². The molecule has 2 aromatic carbocycles. The number of carbonyl (C=O) groups is 1. The van der Waals surface area contributed by atoms with E-state index < -0.39 is 27.6 Å². The fourth-order valence-corrected chi connectivity index (χ4v) is 6.14. The van der Waals surface area contributed by atoms with Gasteiger partial charge in [0.25, 0.3) is 0 Å². The molecular formula is C26H34N2O6S. The molecule has 0 bridgehead atoms. The lowest BCUT2D eigenvalue weighted by molar-refractivity contribution is -0.145. The summed E-state index contributed by atoms with van der Waals surface area (Å²) < 4.78 is 40.6. The normalized spacial score (nSPS) is 13.4. The highest BCUT2D eigenvalue weighted by Crippen LogP contribution is 2.34. The molecule has 9 heteroatoms. The number of aromatic nitrogens is 1. The molecule has 1 heterocycles. The topological polar surface area (TPSA) is 109 Å². The summed E-state index contributed by atoms with van der Waals surface area (Å²) in [4.78, 5) is 15.6. The molecule has 0 fully saturated rings. The quantitative estimate of drug-likeness (QED) is 0.444. The number of aryl methyl sites for hydroxylation is 1. The second-order valence-corrected chi connectivity index (χ2v) is 11.5. The molecule has 1 unspecified atom stereocenters. The predicted octanol–water partition coefficient (Wildman–Crippen LogP) is 4.56. The first-order chi connectivity index (χ1) is 16.3. The van der Waals surface area contributed by atoms with Crippen molar-refractivity contribution in [1.82, 2.24) is 9.29 Å². The number of nitrogens with one attached hydrogen (secondary N) is 1. The van der Waals surface area contributed by atoms with Crippen LogP contribution in [0.3, 0.4) is 0 Å². The van der Waals surface area contributed by atoms with Gasteiger partial charge in [0.1, 0.15) is 11.8 Å². The van der Waals surface area contributed by atoms with Crippen molar-refractivity contribution in [3.05, 3.63) is 58.8 Å². The molecule has 2 N–H and O–H groups in total. The van der Waals surface area contributed by atoms with Crippen LogP contribution >= 0.6 is 0 Å². The third kappa shape index (κ3) is 5.69. The number of carboxylic acids is 1. The maximum absolute atomic E-state index is 14.2. The summed E-state index contributed by atoms with van der Waals surface area (Å²) in [6, 6.07) is 7.63. The number of ether oxygens (including phenoxy) is 2. The molecule has 0 saturated carbocycles. The van der Waals surface area contributed by atoms with Gasteiger partial charge in [0.05, 0.1) is 24.2 Å². The summed E-state index contributed by atoms with van der Waals surface area (Å²) in [5.41, 5.74) is 2.62. The van der Waals surface area contributed by atoms with E-state index in [2.05, 4.69) is 4.98 Å². The van der Waals surface area contributed by atoms with Crippen LogP contribution in [0.1, 0.15) is 43.0 Å². The van der Waals surface area contributed by atoms with Gasteiger partial charge in [-0.3, -0.25) is 4.79 Å². The van der Waals surface area contributed by atoms with E-state index in [9.17, 15) is 18.3 Å². The molecule has 1 aromatic heterocycles. The number of fused-ring (bicyclic) bond motifs is 1. The second kappa shape index (κ2) is 10.0. The Kier molecular flexibility index (Phi) is 7.64. The highest BCUT2D eigenvalue weighted by Gasteiger charge is 2.39. The second-order valence-electron chi connectivity index (χ2n) is 9.70. The van der Waals surface area contributed by atoms with Crippen molar-refractivity contribution in [2.75, 3.05) is 13.7 Å². The number of hydrogen-bond acceptors (Lipinski definition) is 5. The molecule has 0 spiro atoms. The summed E-state index contributed by atoms with van der Waals surface area (Å²) in [5.74, 6) is -0.699. The third-order valence-electron chi connectivity index (χ3n) is 6.03. The number of aliphatic carboxylic acids is 1. The van der Waals surface area contributed by atoms with Crippen molar-refractivity contribution in [3.63, 3.8) is 0 Å². The average Bonchev–Trinajstić information content (AvgIpc) is 3.22. The zero-order chi connectivity index (χ0) is 26.1. The van der Waals surface area contributed by atoms with Crippen molar-refractivity contribution in [2.45, 2.75) is 64.6 Å². The van der Waals surface area contributed by atoms with Gasteiger partial charge in [-0.2, -0.15) is 4.31 Å². The van der Waals surface area contributed by atoms with E-state index >= 15 is 0 Å². The van der Waals surface area contributed by atoms with Crippen molar-refractivity contribution in [3.8, 4) is 5.75 Å². The van der Waals surface area contributed by atoms with Gasteiger partial charge in [0, 0.05) is 18.3 Å². The Labute approximate surface area is 206 Å². The summed E-state index contributed by atoms with van der Waals surface area (Å²) >= 11 is 0. The number of methoxy groups -OCH3 is 1. The molecular weight excluding hydrogens is 468 g/mol. The molecule has 0 aliphatic heterocycles. The monoisotopic (exact) mass is 502 g/mol. The molecule has 8 nitrogen and oxygen atoms in total. The Morgan fingerprint density at radius 1 is 1.11 bits per heavy atom. The SMILES string of the molecule is COc1cc(C)c(S(=O)(=O)N(Cc2ccc3[nH]ccc3c2)C(COC(C)(C)C)C(=O)O)c(C)c1C. The minimum Gasteiger partial charge on any atom is -0.496 e. The molecule has 0 aliphatic carbocycles. The summed E-state index contributed by atoms with van der Waals surface area (Å²) in [7, 11) is -2.72. The molecule has 190 valence electrons. The van der Waals surface area contributed by atoms with Crippen LogP contribution in [0, 0.1) is 20.8 Å². The van der Waals surface area contributed by atoms with Gasteiger partial charge >= 0.3 is 5.97 Å². The molecule has 0 amide bonds. The Hall–Kier alpha value is -2.88. The van der Waals surface area contributed by atoms with Gasteiger partial charge in [-0.25, -0.2) is 8.42 Å². The fraction of sp³-hybridized carbons (Fsp3) is 0.423. The first-order valence-electron chi connectivity index (χ1n) is 11.4. The summed E-state index contributed by atoms with van der Waals surface area (Å²) in [5, 5.41) is 11.0. The number of nitrogens with zero attached hydrogens (tertiary/aromatic N) is 1. The Morgan fingerprint density at radius 3 is 2.40 bits per heavy atom. The van der Waals surface area contributed by atoms with Gasteiger partial charge in [0.2, 0.25) is 10.0 Å². The van der Waals surface area contributed by atoms with E-state index in [0.29, 0.717) is 28.0 Å². The number of sulfonamides is 1. The number of H-pyrrole nitrogens is 1. The van der Waals surface area contributed by atoms with Gasteiger partial charge in [0.15, 0.2) is 0 Å². The largest absolute Gasteiger partial charge is 0.496 e. The van der Waals surface area contributed by atoms with E-state index in [0.717, 1.165) is 15.2 Å². The molecule has 0 saturated heterocycles. The van der Waals surface area contributed by atoms with Crippen molar-refractivity contribution in [1.29, 1.82) is 0 Å². The number of carboxylic acid groups (broad SMARTS) is 1. The zero-order valence-corrected chi connectivity index (χ0v) is 22.1. The zero-order valence-electron chi connectivity index (χ0n) is 21.3. The van der Waals surface area contributed by atoms with E-state index in [1.165, 1.54) is 7.11 Å². The molecule has 35 heavy (non-hydrogen) atoms.